The number of hydrogen-bond donors (Lipinski definition) is 1. The van der Waals surface area contributed by atoms with Crippen LogP contribution in [-0.2, 0) is 23.9 Å². The van der Waals surface area contributed by atoms with E-state index in [2.05, 4.69) is 0 Å². The number of nitrogens with zero attached hydrogens (tertiary/aromatic N) is 1. The Morgan fingerprint density at radius 3 is 2.76 bits per heavy atom. The highest BCUT2D eigenvalue weighted by Gasteiger charge is 2.30. The molecule has 1 atom stereocenters. The van der Waals surface area contributed by atoms with Gasteiger partial charge in [-0.1, -0.05) is 24.3 Å². The minimum absolute atomic E-state index is 0.313. The summed E-state index contributed by atoms with van der Waals surface area (Å²) in [5.41, 5.74) is 0.305. The predicted octanol–water partition coefficient (Wildman–Crippen LogP) is 5.80. The number of carbonyl (C=O) groups is 1. The average Bonchev–Trinajstić information content (AvgIpc) is 3.18. The zero-order valence-corrected chi connectivity index (χ0v) is 17.1. The van der Waals surface area contributed by atoms with Crippen LogP contribution in [0.1, 0.15) is 22.4 Å². The molecule has 2 heterocycles. The number of alkyl halides is 3. The number of carboxylic acid groups (broad SMARTS) is 1. The van der Waals surface area contributed by atoms with E-state index in [9.17, 15) is 23.1 Å². The van der Waals surface area contributed by atoms with Crippen molar-refractivity contribution in [2.75, 3.05) is 5.75 Å². The Hall–Kier alpha value is -2.19. The van der Waals surface area contributed by atoms with Crippen molar-refractivity contribution in [3.63, 3.8) is 0 Å². The second-order valence-corrected chi connectivity index (χ2v) is 8.77. The van der Waals surface area contributed by atoms with Crippen molar-refractivity contribution in [1.29, 1.82) is 0 Å². The first-order chi connectivity index (χ1) is 13.8. The molecule has 154 valence electrons. The third kappa shape index (κ3) is 5.90. The van der Waals surface area contributed by atoms with Crippen LogP contribution in [0.3, 0.4) is 0 Å². The largest absolute Gasteiger partial charge is 0.478 e. The Morgan fingerprint density at radius 1 is 1.24 bits per heavy atom. The van der Waals surface area contributed by atoms with Gasteiger partial charge in [0.2, 0.25) is 0 Å². The lowest BCUT2D eigenvalue weighted by Gasteiger charge is -2.32. The fraction of sp³-hybridized carbons (Fsp3) is 0.286. The van der Waals surface area contributed by atoms with Gasteiger partial charge in [-0.2, -0.15) is 13.2 Å². The summed E-state index contributed by atoms with van der Waals surface area (Å²) in [7, 11) is 0. The minimum Gasteiger partial charge on any atom is -0.478 e. The number of thioether (sulfide) groups is 1. The van der Waals surface area contributed by atoms with E-state index in [1.165, 1.54) is 23.9 Å². The maximum Gasteiger partial charge on any atom is 0.416 e. The van der Waals surface area contributed by atoms with Crippen molar-refractivity contribution in [3.05, 3.63) is 81.7 Å². The fourth-order valence-corrected chi connectivity index (χ4v) is 4.99. The number of thiophene rings is 1. The van der Waals surface area contributed by atoms with Gasteiger partial charge >= 0.3 is 12.1 Å². The lowest BCUT2D eigenvalue weighted by Crippen LogP contribution is -2.34. The summed E-state index contributed by atoms with van der Waals surface area (Å²) in [5.74, 6) is -0.318. The van der Waals surface area contributed by atoms with Gasteiger partial charge in [0, 0.05) is 11.1 Å². The Bertz CT molecular complexity index is 892. The molecule has 1 aromatic carbocycles. The molecular weight excluding hydrogens is 419 g/mol. The summed E-state index contributed by atoms with van der Waals surface area (Å²) in [6, 6.07) is 9.32. The van der Waals surface area contributed by atoms with Gasteiger partial charge in [0.1, 0.15) is 5.37 Å². The Kier molecular flexibility index (Phi) is 7.08. The van der Waals surface area contributed by atoms with Crippen LogP contribution in [0.4, 0.5) is 13.2 Å². The Balaban J connectivity index is 1.60. The SMILES string of the molecule is O=C(O)C1=CC=CN(Cc2cccs2)C1SCCCc1cccc(C(F)(F)F)c1. The molecule has 3 nitrogen and oxygen atoms in total. The first-order valence-corrected chi connectivity index (χ1v) is 10.9. The summed E-state index contributed by atoms with van der Waals surface area (Å²) in [6.45, 7) is 0.615. The zero-order valence-electron chi connectivity index (χ0n) is 15.4. The molecule has 0 fully saturated rings. The van der Waals surface area contributed by atoms with Crippen molar-refractivity contribution in [2.45, 2.75) is 30.9 Å². The van der Waals surface area contributed by atoms with Gasteiger partial charge in [0.15, 0.2) is 0 Å². The molecule has 3 rings (SSSR count). The number of halogens is 3. The standard InChI is InChI=1S/C21H20F3NO2S2/c22-21(23,24)16-7-1-5-15(13-16)6-3-12-29-19-18(20(26)27)9-2-10-25(19)14-17-8-4-11-28-17/h1-2,4-5,7-11,13,19H,3,6,12,14H2,(H,26,27). The van der Waals surface area contributed by atoms with E-state index in [0.29, 0.717) is 36.3 Å². The fourth-order valence-electron chi connectivity index (χ4n) is 3.05. The number of benzene rings is 1. The molecule has 1 aliphatic heterocycles. The predicted molar refractivity (Wildman–Crippen MR) is 111 cm³/mol. The molecule has 1 aliphatic rings. The van der Waals surface area contributed by atoms with E-state index in [0.717, 1.165) is 10.9 Å². The van der Waals surface area contributed by atoms with E-state index in [-0.39, 0.29) is 5.37 Å². The molecular formula is C21H20F3NO2S2. The molecule has 1 aromatic heterocycles. The van der Waals surface area contributed by atoms with E-state index in [1.807, 2.05) is 28.6 Å². The van der Waals surface area contributed by atoms with Crippen LogP contribution in [0, 0.1) is 0 Å². The average molecular weight is 440 g/mol. The summed E-state index contributed by atoms with van der Waals surface area (Å²) < 4.78 is 38.5. The highest BCUT2D eigenvalue weighted by atomic mass is 32.2. The van der Waals surface area contributed by atoms with Gasteiger partial charge < -0.3 is 10.0 Å². The molecule has 0 spiro atoms. The second-order valence-electron chi connectivity index (χ2n) is 6.55. The van der Waals surface area contributed by atoms with Crippen molar-refractivity contribution >= 4 is 29.1 Å². The maximum atomic E-state index is 12.8. The van der Waals surface area contributed by atoms with Crippen LogP contribution in [0.5, 0.6) is 0 Å². The molecule has 0 amide bonds. The monoisotopic (exact) mass is 439 g/mol. The Labute approximate surface area is 175 Å². The van der Waals surface area contributed by atoms with Gasteiger partial charge in [-0.05, 0) is 53.8 Å². The molecule has 1 unspecified atom stereocenters. The number of rotatable bonds is 8. The zero-order chi connectivity index (χ0) is 20.9. The lowest BCUT2D eigenvalue weighted by molar-refractivity contribution is -0.137. The first kappa shape index (κ1) is 21.5. The van der Waals surface area contributed by atoms with Crippen LogP contribution in [0.15, 0.2) is 65.7 Å². The summed E-state index contributed by atoms with van der Waals surface area (Å²) in [4.78, 5) is 14.8. The highest BCUT2D eigenvalue weighted by molar-refractivity contribution is 8.00. The van der Waals surface area contributed by atoms with Gasteiger partial charge in [0.25, 0.3) is 0 Å². The molecule has 0 saturated heterocycles. The second kappa shape index (κ2) is 9.54. The Morgan fingerprint density at radius 2 is 2.07 bits per heavy atom. The van der Waals surface area contributed by atoms with Gasteiger partial charge in [-0.3, -0.25) is 0 Å². The number of aliphatic carboxylic acids is 1. The molecule has 0 radical (unpaired) electrons. The van der Waals surface area contributed by atoms with Crippen LogP contribution in [-0.4, -0.2) is 27.1 Å². The summed E-state index contributed by atoms with van der Waals surface area (Å²) in [5, 5.41) is 11.2. The normalized spacial score (nSPS) is 16.7. The quantitative estimate of drug-likeness (QED) is 0.528. The van der Waals surface area contributed by atoms with Crippen LogP contribution >= 0.6 is 23.1 Å². The number of hydrogen-bond acceptors (Lipinski definition) is 4. The van der Waals surface area contributed by atoms with Crippen molar-refractivity contribution in [1.82, 2.24) is 4.90 Å². The summed E-state index contributed by atoms with van der Waals surface area (Å²) in [6.07, 6.45) is 2.05. The van der Waals surface area contributed by atoms with Crippen molar-refractivity contribution in [2.24, 2.45) is 0 Å². The molecule has 2 aromatic rings. The van der Waals surface area contributed by atoms with Crippen molar-refractivity contribution < 1.29 is 23.1 Å². The highest BCUT2D eigenvalue weighted by Crippen LogP contribution is 2.32. The first-order valence-electron chi connectivity index (χ1n) is 9.02. The van der Waals surface area contributed by atoms with Gasteiger partial charge in [-0.15, -0.1) is 23.1 Å². The smallest absolute Gasteiger partial charge is 0.416 e. The molecule has 8 heteroatoms. The third-order valence-corrected chi connectivity index (χ3v) is 6.65. The van der Waals surface area contributed by atoms with Crippen molar-refractivity contribution in [3.8, 4) is 0 Å². The molecule has 0 aliphatic carbocycles. The van der Waals surface area contributed by atoms with E-state index in [1.54, 1.807) is 29.6 Å². The molecule has 0 saturated carbocycles. The van der Waals surface area contributed by atoms with Gasteiger partial charge in [-0.25, -0.2) is 4.79 Å². The minimum atomic E-state index is -4.34. The lowest BCUT2D eigenvalue weighted by atomic mass is 10.1. The van der Waals surface area contributed by atoms with Gasteiger partial charge in [0.05, 0.1) is 17.7 Å². The number of aryl methyl sites for hydroxylation is 1. The van der Waals surface area contributed by atoms with E-state index >= 15 is 0 Å². The third-order valence-electron chi connectivity index (χ3n) is 4.43. The van der Waals surface area contributed by atoms with E-state index < -0.39 is 17.7 Å². The van der Waals surface area contributed by atoms with Crippen LogP contribution in [0.2, 0.25) is 0 Å². The summed E-state index contributed by atoms with van der Waals surface area (Å²) >= 11 is 3.11. The van der Waals surface area contributed by atoms with E-state index in [4.69, 9.17) is 0 Å². The number of allylic oxidation sites excluding steroid dienone is 2. The molecule has 0 bridgehead atoms. The number of carboxylic acids is 1. The molecule has 29 heavy (non-hydrogen) atoms. The van der Waals surface area contributed by atoms with Crippen LogP contribution in [0.25, 0.3) is 0 Å². The molecule has 1 N–H and O–H groups in total. The van der Waals surface area contributed by atoms with Crippen LogP contribution < -0.4 is 0 Å². The maximum absolute atomic E-state index is 12.8. The topological polar surface area (TPSA) is 40.5 Å².